The lowest BCUT2D eigenvalue weighted by atomic mass is 9.94. The predicted molar refractivity (Wildman–Crippen MR) is 50.9 cm³/mol. The second-order valence-electron chi connectivity index (χ2n) is 3.92. The van der Waals surface area contributed by atoms with Gasteiger partial charge in [0.15, 0.2) is 0 Å². The molecular formula is C11H11FO3. The van der Waals surface area contributed by atoms with Gasteiger partial charge in [0.2, 0.25) is 0 Å². The highest BCUT2D eigenvalue weighted by molar-refractivity contribution is 5.77. The lowest BCUT2D eigenvalue weighted by Gasteiger charge is -2.13. The number of hydrogen-bond acceptors (Lipinski definition) is 2. The lowest BCUT2D eigenvalue weighted by molar-refractivity contribution is -0.139. The van der Waals surface area contributed by atoms with Crippen molar-refractivity contribution in [3.8, 4) is 0 Å². The van der Waals surface area contributed by atoms with Crippen molar-refractivity contribution in [1.82, 2.24) is 0 Å². The predicted octanol–water partition coefficient (Wildman–Crippen LogP) is 1.16. The van der Waals surface area contributed by atoms with E-state index in [0.29, 0.717) is 12.0 Å². The SMILES string of the molecule is O=C(O)[C@H]1C[C@@]1(CO)c1cccc(F)c1. The highest BCUT2D eigenvalue weighted by Gasteiger charge is 2.59. The summed E-state index contributed by atoms with van der Waals surface area (Å²) in [5.74, 6) is -1.94. The third kappa shape index (κ3) is 1.51. The summed E-state index contributed by atoms with van der Waals surface area (Å²) in [5, 5.41) is 18.1. The zero-order chi connectivity index (χ0) is 11.1. The minimum atomic E-state index is -0.937. The monoisotopic (exact) mass is 210 g/mol. The zero-order valence-corrected chi connectivity index (χ0v) is 7.98. The number of carboxylic acids is 1. The summed E-state index contributed by atoms with van der Waals surface area (Å²) in [7, 11) is 0. The van der Waals surface area contributed by atoms with Crippen LogP contribution in [0.3, 0.4) is 0 Å². The molecule has 1 aromatic rings. The van der Waals surface area contributed by atoms with E-state index in [2.05, 4.69) is 0 Å². The van der Waals surface area contributed by atoms with Crippen LogP contribution in [0.5, 0.6) is 0 Å². The van der Waals surface area contributed by atoms with E-state index < -0.39 is 23.1 Å². The van der Waals surface area contributed by atoms with Gasteiger partial charge < -0.3 is 10.2 Å². The maximum Gasteiger partial charge on any atom is 0.307 e. The van der Waals surface area contributed by atoms with E-state index in [0.717, 1.165) is 0 Å². The Labute approximate surface area is 86.2 Å². The summed E-state index contributed by atoms with van der Waals surface area (Å²) < 4.78 is 13.0. The Balaban J connectivity index is 2.34. The van der Waals surface area contributed by atoms with E-state index in [9.17, 15) is 14.3 Å². The topological polar surface area (TPSA) is 57.5 Å². The highest BCUT2D eigenvalue weighted by atomic mass is 19.1. The molecule has 0 unspecified atom stereocenters. The van der Waals surface area contributed by atoms with Crippen LogP contribution >= 0.6 is 0 Å². The van der Waals surface area contributed by atoms with Crippen LogP contribution in [-0.2, 0) is 10.2 Å². The van der Waals surface area contributed by atoms with Crippen molar-refractivity contribution in [2.45, 2.75) is 11.8 Å². The maximum atomic E-state index is 13.0. The fourth-order valence-corrected chi connectivity index (χ4v) is 2.01. The maximum absolute atomic E-state index is 13.0. The molecule has 4 heteroatoms. The van der Waals surface area contributed by atoms with Gasteiger partial charge in [0.05, 0.1) is 12.5 Å². The fraction of sp³-hybridized carbons (Fsp3) is 0.364. The molecule has 2 atom stereocenters. The number of halogens is 1. The van der Waals surface area contributed by atoms with E-state index in [1.54, 1.807) is 6.07 Å². The number of aliphatic hydroxyl groups is 1. The Morgan fingerprint density at radius 2 is 2.33 bits per heavy atom. The van der Waals surface area contributed by atoms with Gasteiger partial charge in [-0.15, -0.1) is 0 Å². The van der Waals surface area contributed by atoms with Crippen LogP contribution in [0.25, 0.3) is 0 Å². The second-order valence-corrected chi connectivity index (χ2v) is 3.92. The van der Waals surface area contributed by atoms with Gasteiger partial charge in [-0.3, -0.25) is 4.79 Å². The number of hydrogen-bond donors (Lipinski definition) is 2. The number of carbonyl (C=O) groups is 1. The summed E-state index contributed by atoms with van der Waals surface area (Å²) in [6.07, 6.45) is 0.377. The average molecular weight is 210 g/mol. The van der Waals surface area contributed by atoms with Gasteiger partial charge >= 0.3 is 5.97 Å². The van der Waals surface area contributed by atoms with Crippen LogP contribution in [0.1, 0.15) is 12.0 Å². The Bertz CT molecular complexity index is 405. The van der Waals surface area contributed by atoms with E-state index in [-0.39, 0.29) is 6.61 Å². The molecule has 2 N–H and O–H groups in total. The molecule has 1 saturated carbocycles. The smallest absolute Gasteiger partial charge is 0.307 e. The number of carboxylic acid groups (broad SMARTS) is 1. The van der Waals surface area contributed by atoms with Gasteiger partial charge in [-0.25, -0.2) is 4.39 Å². The van der Waals surface area contributed by atoms with Crippen molar-refractivity contribution in [1.29, 1.82) is 0 Å². The van der Waals surface area contributed by atoms with E-state index in [1.807, 2.05) is 0 Å². The standard InChI is InChI=1S/C11H11FO3/c12-8-3-1-2-7(4-8)11(6-13)5-9(11)10(14)15/h1-4,9,13H,5-6H2,(H,14,15)/t9-,11-/m1/s1. The highest BCUT2D eigenvalue weighted by Crippen LogP contribution is 2.54. The molecule has 3 nitrogen and oxygen atoms in total. The van der Waals surface area contributed by atoms with Crippen molar-refractivity contribution in [2.24, 2.45) is 5.92 Å². The number of aliphatic hydroxyl groups excluding tert-OH is 1. The van der Waals surface area contributed by atoms with Crippen molar-refractivity contribution in [3.05, 3.63) is 35.6 Å². The lowest BCUT2D eigenvalue weighted by Crippen LogP contribution is -2.19. The molecule has 1 aliphatic carbocycles. The third-order valence-corrected chi connectivity index (χ3v) is 3.06. The molecule has 0 aromatic heterocycles. The van der Waals surface area contributed by atoms with Gasteiger partial charge in [-0.2, -0.15) is 0 Å². The van der Waals surface area contributed by atoms with Gasteiger partial charge in [0.25, 0.3) is 0 Å². The molecule has 0 amide bonds. The van der Waals surface area contributed by atoms with Crippen LogP contribution in [0.4, 0.5) is 4.39 Å². The molecule has 1 fully saturated rings. The van der Waals surface area contributed by atoms with E-state index in [4.69, 9.17) is 5.11 Å². The normalized spacial score (nSPS) is 28.8. The van der Waals surface area contributed by atoms with E-state index >= 15 is 0 Å². The summed E-state index contributed by atoms with van der Waals surface area (Å²) in [4.78, 5) is 10.8. The second kappa shape index (κ2) is 3.31. The van der Waals surface area contributed by atoms with Crippen LogP contribution in [0, 0.1) is 11.7 Å². The van der Waals surface area contributed by atoms with Crippen molar-refractivity contribution in [3.63, 3.8) is 0 Å². The number of rotatable bonds is 3. The quantitative estimate of drug-likeness (QED) is 0.787. The minimum Gasteiger partial charge on any atom is -0.481 e. The minimum absolute atomic E-state index is 0.257. The molecule has 1 aliphatic rings. The Kier molecular flexibility index (Phi) is 2.23. The van der Waals surface area contributed by atoms with Crippen molar-refractivity contribution in [2.75, 3.05) is 6.61 Å². The average Bonchev–Trinajstić information content (AvgIpc) is 2.93. The molecule has 0 aliphatic heterocycles. The van der Waals surface area contributed by atoms with Gasteiger partial charge in [-0.1, -0.05) is 12.1 Å². The molecule has 0 bridgehead atoms. The first-order valence-corrected chi connectivity index (χ1v) is 4.70. The molecule has 0 saturated heterocycles. The summed E-state index contributed by atoms with van der Waals surface area (Å²) in [6, 6.07) is 5.77. The number of aliphatic carboxylic acids is 1. The molecule has 0 spiro atoms. The van der Waals surface area contributed by atoms with Crippen LogP contribution < -0.4 is 0 Å². The zero-order valence-electron chi connectivity index (χ0n) is 7.98. The molecular weight excluding hydrogens is 199 g/mol. The summed E-state index contributed by atoms with van der Waals surface area (Å²) >= 11 is 0. The van der Waals surface area contributed by atoms with Gasteiger partial charge in [0.1, 0.15) is 5.82 Å². The van der Waals surface area contributed by atoms with Crippen LogP contribution in [0.2, 0.25) is 0 Å². The first kappa shape index (κ1) is 10.1. The largest absolute Gasteiger partial charge is 0.481 e. The van der Waals surface area contributed by atoms with Gasteiger partial charge in [0, 0.05) is 5.41 Å². The Hall–Kier alpha value is -1.42. The first-order chi connectivity index (χ1) is 7.10. The van der Waals surface area contributed by atoms with Crippen molar-refractivity contribution >= 4 is 5.97 Å². The molecule has 0 heterocycles. The van der Waals surface area contributed by atoms with E-state index in [1.165, 1.54) is 18.2 Å². The third-order valence-electron chi connectivity index (χ3n) is 3.06. The fourth-order valence-electron chi connectivity index (χ4n) is 2.01. The molecule has 0 radical (unpaired) electrons. The van der Waals surface area contributed by atoms with Crippen molar-refractivity contribution < 1.29 is 19.4 Å². The Morgan fingerprint density at radius 1 is 1.60 bits per heavy atom. The first-order valence-electron chi connectivity index (χ1n) is 4.70. The molecule has 2 rings (SSSR count). The van der Waals surface area contributed by atoms with Crippen LogP contribution in [0.15, 0.2) is 24.3 Å². The summed E-state index contributed by atoms with van der Waals surface area (Å²) in [6.45, 7) is -0.257. The van der Waals surface area contributed by atoms with Crippen LogP contribution in [-0.4, -0.2) is 22.8 Å². The number of benzene rings is 1. The molecule has 15 heavy (non-hydrogen) atoms. The Morgan fingerprint density at radius 3 is 2.80 bits per heavy atom. The molecule has 1 aromatic carbocycles. The molecule has 80 valence electrons. The van der Waals surface area contributed by atoms with Gasteiger partial charge in [-0.05, 0) is 24.1 Å². The summed E-state index contributed by atoms with van der Waals surface area (Å²) in [5.41, 5.74) is -0.203.